The molecule has 4 nitrogen and oxygen atoms in total. The highest BCUT2D eigenvalue weighted by Gasteiger charge is 2.52. The molecule has 4 heteroatoms. The standard InChI is InChI=1S/C17H32N2O2/c1-4-8-15-9-6-7-12-19(15)13-17(18-3,14-10-11-14)16(20)21-5-2/h14-15,18H,4-13H2,1-3H3. The number of carbonyl (C=O) groups excluding carboxylic acids is 1. The molecular weight excluding hydrogens is 264 g/mol. The van der Waals surface area contributed by atoms with Gasteiger partial charge in [0, 0.05) is 12.6 Å². The van der Waals surface area contributed by atoms with Gasteiger partial charge in [0.15, 0.2) is 0 Å². The number of nitrogens with zero attached hydrogens (tertiary/aromatic N) is 1. The molecule has 2 rings (SSSR count). The molecule has 1 saturated carbocycles. The number of ether oxygens (including phenoxy) is 1. The van der Waals surface area contributed by atoms with E-state index in [1.54, 1.807) is 0 Å². The third-order valence-corrected chi connectivity index (χ3v) is 5.18. The highest BCUT2D eigenvalue weighted by molar-refractivity contribution is 5.82. The Morgan fingerprint density at radius 2 is 2.05 bits per heavy atom. The summed E-state index contributed by atoms with van der Waals surface area (Å²) in [6.07, 6.45) is 8.62. The molecule has 122 valence electrons. The van der Waals surface area contributed by atoms with Crippen LogP contribution in [0.25, 0.3) is 0 Å². The first kappa shape index (κ1) is 16.8. The number of hydrogen-bond acceptors (Lipinski definition) is 4. The van der Waals surface area contributed by atoms with Gasteiger partial charge >= 0.3 is 5.97 Å². The molecule has 1 aliphatic heterocycles. The smallest absolute Gasteiger partial charge is 0.327 e. The molecule has 21 heavy (non-hydrogen) atoms. The van der Waals surface area contributed by atoms with Gasteiger partial charge in [-0.1, -0.05) is 19.8 Å². The van der Waals surface area contributed by atoms with Crippen molar-refractivity contribution in [1.29, 1.82) is 0 Å². The summed E-state index contributed by atoms with van der Waals surface area (Å²) in [4.78, 5) is 15.2. The van der Waals surface area contributed by atoms with Gasteiger partial charge in [0.1, 0.15) is 5.54 Å². The van der Waals surface area contributed by atoms with Crippen LogP contribution in [-0.2, 0) is 9.53 Å². The first-order valence-corrected chi connectivity index (χ1v) is 8.78. The van der Waals surface area contributed by atoms with Crippen LogP contribution in [0.1, 0.15) is 58.8 Å². The summed E-state index contributed by atoms with van der Waals surface area (Å²) in [5.41, 5.74) is -0.487. The Kier molecular flexibility index (Phi) is 6.06. The Hall–Kier alpha value is -0.610. The molecule has 1 heterocycles. The first-order valence-electron chi connectivity index (χ1n) is 8.78. The Balaban J connectivity index is 2.11. The van der Waals surface area contributed by atoms with Gasteiger partial charge in [0.25, 0.3) is 0 Å². The molecule has 0 spiro atoms. The molecule has 1 saturated heterocycles. The van der Waals surface area contributed by atoms with Gasteiger partial charge in [-0.25, -0.2) is 4.79 Å². The van der Waals surface area contributed by atoms with Crippen molar-refractivity contribution in [3.63, 3.8) is 0 Å². The number of nitrogens with one attached hydrogen (secondary N) is 1. The minimum atomic E-state index is -0.487. The fraction of sp³-hybridized carbons (Fsp3) is 0.941. The molecule has 0 amide bonds. The molecule has 0 aromatic rings. The summed E-state index contributed by atoms with van der Waals surface area (Å²) in [5, 5.41) is 3.36. The molecule has 2 atom stereocenters. The molecule has 1 N–H and O–H groups in total. The minimum Gasteiger partial charge on any atom is -0.465 e. The summed E-state index contributed by atoms with van der Waals surface area (Å²) in [6.45, 7) is 6.56. The van der Waals surface area contributed by atoms with E-state index in [1.807, 2.05) is 14.0 Å². The number of hydrogen-bond donors (Lipinski definition) is 1. The number of likely N-dealkylation sites (tertiary alicyclic amines) is 1. The van der Waals surface area contributed by atoms with Crippen molar-refractivity contribution >= 4 is 5.97 Å². The van der Waals surface area contributed by atoms with Gasteiger partial charge < -0.3 is 10.1 Å². The van der Waals surface area contributed by atoms with Crippen LogP contribution >= 0.6 is 0 Å². The maximum atomic E-state index is 12.6. The molecule has 0 aromatic heterocycles. The van der Waals surface area contributed by atoms with Crippen molar-refractivity contribution in [3.8, 4) is 0 Å². The second-order valence-electron chi connectivity index (χ2n) is 6.62. The second-order valence-corrected chi connectivity index (χ2v) is 6.62. The molecule has 2 unspecified atom stereocenters. The average Bonchev–Trinajstić information content (AvgIpc) is 3.32. The Morgan fingerprint density at radius 3 is 2.62 bits per heavy atom. The van der Waals surface area contributed by atoms with E-state index >= 15 is 0 Å². The van der Waals surface area contributed by atoms with Crippen molar-refractivity contribution in [2.45, 2.75) is 70.4 Å². The van der Waals surface area contributed by atoms with Crippen LogP contribution in [0.5, 0.6) is 0 Å². The summed E-state index contributed by atoms with van der Waals surface area (Å²) in [5.74, 6) is 0.404. The number of likely N-dealkylation sites (N-methyl/N-ethyl adjacent to an activating group) is 1. The normalized spacial score (nSPS) is 26.3. The predicted molar refractivity (Wildman–Crippen MR) is 85.3 cm³/mol. The molecule has 2 fully saturated rings. The number of esters is 1. The van der Waals surface area contributed by atoms with Crippen LogP contribution in [0.3, 0.4) is 0 Å². The quantitative estimate of drug-likeness (QED) is 0.699. The van der Waals surface area contributed by atoms with Crippen LogP contribution in [0.15, 0.2) is 0 Å². The van der Waals surface area contributed by atoms with E-state index in [9.17, 15) is 4.79 Å². The summed E-state index contributed by atoms with van der Waals surface area (Å²) in [6, 6.07) is 0.643. The van der Waals surface area contributed by atoms with Gasteiger partial charge in [0.2, 0.25) is 0 Å². The Bertz CT molecular complexity index is 342. The van der Waals surface area contributed by atoms with E-state index in [0.29, 0.717) is 18.6 Å². The average molecular weight is 296 g/mol. The lowest BCUT2D eigenvalue weighted by atomic mass is 9.89. The topological polar surface area (TPSA) is 41.6 Å². The number of rotatable bonds is 8. The molecule has 0 aromatic carbocycles. The lowest BCUT2D eigenvalue weighted by Gasteiger charge is -2.42. The van der Waals surface area contributed by atoms with Crippen molar-refractivity contribution in [1.82, 2.24) is 10.2 Å². The zero-order valence-corrected chi connectivity index (χ0v) is 14.0. The highest BCUT2D eigenvalue weighted by atomic mass is 16.5. The van der Waals surface area contributed by atoms with Gasteiger partial charge in [-0.05, 0) is 58.5 Å². The zero-order chi connectivity index (χ0) is 15.3. The van der Waals surface area contributed by atoms with E-state index in [4.69, 9.17) is 4.74 Å². The number of carbonyl (C=O) groups is 1. The zero-order valence-electron chi connectivity index (χ0n) is 14.0. The maximum absolute atomic E-state index is 12.6. The molecule has 1 aliphatic carbocycles. The van der Waals surface area contributed by atoms with Crippen molar-refractivity contribution < 1.29 is 9.53 Å². The van der Waals surface area contributed by atoms with E-state index in [-0.39, 0.29) is 5.97 Å². The third kappa shape index (κ3) is 3.78. The molecule has 2 aliphatic rings. The Morgan fingerprint density at radius 1 is 1.29 bits per heavy atom. The first-order chi connectivity index (χ1) is 10.2. The van der Waals surface area contributed by atoms with Crippen molar-refractivity contribution in [2.75, 3.05) is 26.7 Å². The lowest BCUT2D eigenvalue weighted by Crippen LogP contribution is -2.62. The van der Waals surface area contributed by atoms with Crippen LogP contribution in [0, 0.1) is 5.92 Å². The van der Waals surface area contributed by atoms with Crippen LogP contribution in [0.2, 0.25) is 0 Å². The van der Waals surface area contributed by atoms with E-state index in [1.165, 1.54) is 32.1 Å². The second kappa shape index (κ2) is 7.59. The Labute approximate surface area is 129 Å². The summed E-state index contributed by atoms with van der Waals surface area (Å²) in [7, 11) is 1.92. The van der Waals surface area contributed by atoms with Gasteiger partial charge in [0.05, 0.1) is 6.61 Å². The van der Waals surface area contributed by atoms with Crippen molar-refractivity contribution in [2.24, 2.45) is 5.92 Å². The predicted octanol–water partition coefficient (Wildman–Crippen LogP) is 2.57. The third-order valence-electron chi connectivity index (χ3n) is 5.18. The van der Waals surface area contributed by atoms with Gasteiger partial charge in [-0.2, -0.15) is 0 Å². The van der Waals surface area contributed by atoms with Gasteiger partial charge in [-0.3, -0.25) is 4.90 Å². The monoisotopic (exact) mass is 296 g/mol. The van der Waals surface area contributed by atoms with Gasteiger partial charge in [-0.15, -0.1) is 0 Å². The van der Waals surface area contributed by atoms with Crippen LogP contribution < -0.4 is 5.32 Å². The molecule has 0 bridgehead atoms. The molecule has 0 radical (unpaired) electrons. The molecular formula is C17H32N2O2. The summed E-state index contributed by atoms with van der Waals surface area (Å²) >= 11 is 0. The van der Waals surface area contributed by atoms with Crippen LogP contribution in [-0.4, -0.2) is 49.2 Å². The fourth-order valence-electron chi connectivity index (χ4n) is 3.83. The number of piperidine rings is 1. The maximum Gasteiger partial charge on any atom is 0.327 e. The van der Waals surface area contributed by atoms with Crippen molar-refractivity contribution in [3.05, 3.63) is 0 Å². The SMILES string of the molecule is CCCC1CCCCN1CC(NC)(C(=O)OCC)C1CC1. The van der Waals surface area contributed by atoms with E-state index in [0.717, 1.165) is 25.9 Å². The largest absolute Gasteiger partial charge is 0.465 e. The van der Waals surface area contributed by atoms with Crippen LogP contribution in [0.4, 0.5) is 0 Å². The fourth-order valence-corrected chi connectivity index (χ4v) is 3.83. The minimum absolute atomic E-state index is 0.0455. The van der Waals surface area contributed by atoms with E-state index < -0.39 is 5.54 Å². The van der Waals surface area contributed by atoms with E-state index in [2.05, 4.69) is 17.1 Å². The summed E-state index contributed by atoms with van der Waals surface area (Å²) < 4.78 is 5.41. The highest BCUT2D eigenvalue weighted by Crippen LogP contribution is 2.41. The lowest BCUT2D eigenvalue weighted by molar-refractivity contribution is -0.153.